The second-order valence-corrected chi connectivity index (χ2v) is 6.72. The second-order valence-electron chi connectivity index (χ2n) is 4.96. The Morgan fingerprint density at radius 1 is 1.42 bits per heavy atom. The average Bonchev–Trinajstić information content (AvgIpc) is 3.16. The fourth-order valence-electron chi connectivity index (χ4n) is 1.91. The van der Waals surface area contributed by atoms with Gasteiger partial charge in [0.15, 0.2) is 0 Å². The van der Waals surface area contributed by atoms with E-state index in [9.17, 15) is 13.2 Å². The molecule has 7 heteroatoms. The van der Waals surface area contributed by atoms with E-state index in [1.54, 1.807) is 7.11 Å². The molecule has 0 atom stereocenters. The number of hydrogen-bond donors (Lipinski definition) is 2. The van der Waals surface area contributed by atoms with Gasteiger partial charge in [0, 0.05) is 32.5 Å². The molecule has 1 saturated carbocycles. The number of ether oxygens (including phenoxy) is 1. The molecule has 106 valence electrons. The molecule has 1 aliphatic rings. The van der Waals surface area contributed by atoms with Gasteiger partial charge in [0.2, 0.25) is 15.6 Å². The summed E-state index contributed by atoms with van der Waals surface area (Å²) in [6.07, 6.45) is 4.10. The van der Waals surface area contributed by atoms with Crippen molar-refractivity contribution in [2.75, 3.05) is 20.3 Å². The van der Waals surface area contributed by atoms with E-state index < -0.39 is 10.0 Å². The normalized spacial score (nSPS) is 17.3. The zero-order valence-electron chi connectivity index (χ0n) is 10.8. The maximum atomic E-state index is 12.0. The number of aromatic nitrogens is 1. The van der Waals surface area contributed by atoms with Crippen LogP contribution >= 0.6 is 0 Å². The molecule has 0 amide bonds. The number of rotatable bonds is 7. The van der Waals surface area contributed by atoms with Crippen molar-refractivity contribution in [3.8, 4) is 0 Å². The van der Waals surface area contributed by atoms with E-state index in [0.29, 0.717) is 13.2 Å². The summed E-state index contributed by atoms with van der Waals surface area (Å²) < 4.78 is 31.7. The first-order valence-electron chi connectivity index (χ1n) is 6.15. The van der Waals surface area contributed by atoms with Crippen molar-refractivity contribution < 1.29 is 13.2 Å². The summed E-state index contributed by atoms with van der Waals surface area (Å²) >= 11 is 0. The topological polar surface area (TPSA) is 88.3 Å². The van der Waals surface area contributed by atoms with Crippen LogP contribution in [-0.2, 0) is 14.8 Å². The van der Waals surface area contributed by atoms with Crippen LogP contribution in [0.2, 0.25) is 0 Å². The number of methoxy groups -OCH3 is 1. The second kappa shape index (κ2) is 5.44. The molecular formula is C12H18N2O4S. The summed E-state index contributed by atoms with van der Waals surface area (Å²) in [4.78, 5) is 13.3. The Hall–Kier alpha value is -1.18. The van der Waals surface area contributed by atoms with Crippen LogP contribution in [0.4, 0.5) is 0 Å². The van der Waals surface area contributed by atoms with Gasteiger partial charge in [-0.3, -0.25) is 4.79 Å². The Morgan fingerprint density at radius 2 is 2.16 bits per heavy atom. The molecule has 0 unspecified atom stereocenters. The standard InChI is InChI=1S/C12H18N2O4S/c1-18-7-6-12(4-5-12)9-14-19(16,17)10-2-3-11(15)13-8-10/h2-3,8,14H,4-7,9H2,1H3,(H,13,15). The molecule has 1 aromatic rings. The summed E-state index contributed by atoms with van der Waals surface area (Å²) in [7, 11) is -1.92. The van der Waals surface area contributed by atoms with Crippen LogP contribution in [0.25, 0.3) is 0 Å². The van der Waals surface area contributed by atoms with Crippen molar-refractivity contribution in [1.29, 1.82) is 0 Å². The molecule has 0 spiro atoms. The Morgan fingerprint density at radius 3 is 2.68 bits per heavy atom. The lowest BCUT2D eigenvalue weighted by Gasteiger charge is -2.15. The smallest absolute Gasteiger partial charge is 0.247 e. The quantitative estimate of drug-likeness (QED) is 0.762. The number of sulfonamides is 1. The highest BCUT2D eigenvalue weighted by Crippen LogP contribution is 2.48. The van der Waals surface area contributed by atoms with Crippen LogP contribution in [0, 0.1) is 5.41 Å². The maximum absolute atomic E-state index is 12.0. The van der Waals surface area contributed by atoms with Crippen LogP contribution in [0.15, 0.2) is 28.0 Å². The molecule has 1 fully saturated rings. The largest absolute Gasteiger partial charge is 0.385 e. The van der Waals surface area contributed by atoms with E-state index in [4.69, 9.17) is 4.74 Å². The molecule has 0 aromatic carbocycles. The molecule has 2 rings (SSSR count). The number of pyridine rings is 1. The lowest BCUT2D eigenvalue weighted by Crippen LogP contribution is -2.31. The zero-order chi connectivity index (χ0) is 13.9. The number of H-pyrrole nitrogens is 1. The van der Waals surface area contributed by atoms with Gasteiger partial charge in [0.25, 0.3) is 0 Å². The Labute approximate surface area is 112 Å². The van der Waals surface area contributed by atoms with Crippen molar-refractivity contribution in [3.05, 3.63) is 28.7 Å². The minimum Gasteiger partial charge on any atom is -0.385 e. The molecule has 0 aliphatic heterocycles. The Balaban J connectivity index is 1.98. The van der Waals surface area contributed by atoms with E-state index in [0.717, 1.165) is 19.3 Å². The van der Waals surface area contributed by atoms with Crippen LogP contribution in [0.3, 0.4) is 0 Å². The molecule has 19 heavy (non-hydrogen) atoms. The number of nitrogens with one attached hydrogen (secondary N) is 2. The first kappa shape index (κ1) is 14.2. The average molecular weight is 286 g/mol. The number of hydrogen-bond acceptors (Lipinski definition) is 4. The summed E-state index contributed by atoms with van der Waals surface area (Å²) in [5, 5.41) is 0. The molecule has 0 radical (unpaired) electrons. The van der Waals surface area contributed by atoms with Gasteiger partial charge in [-0.1, -0.05) is 0 Å². The summed E-state index contributed by atoms with van der Waals surface area (Å²) in [6.45, 7) is 1.05. The summed E-state index contributed by atoms with van der Waals surface area (Å²) in [6, 6.07) is 2.50. The van der Waals surface area contributed by atoms with Gasteiger partial charge in [0.05, 0.1) is 4.90 Å². The summed E-state index contributed by atoms with van der Waals surface area (Å²) in [5.41, 5.74) is -0.275. The third-order valence-electron chi connectivity index (χ3n) is 3.50. The number of aromatic amines is 1. The van der Waals surface area contributed by atoms with Crippen LogP contribution in [0.1, 0.15) is 19.3 Å². The molecule has 1 heterocycles. The van der Waals surface area contributed by atoms with Gasteiger partial charge in [-0.25, -0.2) is 13.1 Å². The van der Waals surface area contributed by atoms with Crippen molar-refractivity contribution >= 4 is 10.0 Å². The fourth-order valence-corrected chi connectivity index (χ4v) is 3.03. The first-order chi connectivity index (χ1) is 8.97. The SMILES string of the molecule is COCCC1(CNS(=O)(=O)c2ccc(=O)[nH]c2)CC1. The van der Waals surface area contributed by atoms with Gasteiger partial charge in [-0.2, -0.15) is 0 Å². The van der Waals surface area contributed by atoms with Crippen LogP contribution in [-0.4, -0.2) is 33.7 Å². The van der Waals surface area contributed by atoms with Gasteiger partial charge in [0.1, 0.15) is 0 Å². The highest BCUT2D eigenvalue weighted by atomic mass is 32.2. The maximum Gasteiger partial charge on any atom is 0.247 e. The van der Waals surface area contributed by atoms with Gasteiger partial charge in [-0.15, -0.1) is 0 Å². The van der Waals surface area contributed by atoms with Gasteiger partial charge in [-0.05, 0) is 30.7 Å². The highest BCUT2D eigenvalue weighted by Gasteiger charge is 2.42. The minimum absolute atomic E-state index is 0.0469. The fraction of sp³-hybridized carbons (Fsp3) is 0.583. The predicted molar refractivity (Wildman–Crippen MR) is 70.4 cm³/mol. The van der Waals surface area contributed by atoms with Crippen LogP contribution in [0.5, 0.6) is 0 Å². The van der Waals surface area contributed by atoms with Gasteiger partial charge < -0.3 is 9.72 Å². The minimum atomic E-state index is -3.56. The van der Waals surface area contributed by atoms with Crippen molar-refractivity contribution in [1.82, 2.24) is 9.71 Å². The van der Waals surface area contributed by atoms with Gasteiger partial charge >= 0.3 is 0 Å². The zero-order valence-corrected chi connectivity index (χ0v) is 11.6. The Kier molecular flexibility index (Phi) is 4.07. The first-order valence-corrected chi connectivity index (χ1v) is 7.63. The highest BCUT2D eigenvalue weighted by molar-refractivity contribution is 7.89. The molecule has 0 bridgehead atoms. The van der Waals surface area contributed by atoms with Crippen molar-refractivity contribution in [2.45, 2.75) is 24.2 Å². The third kappa shape index (κ3) is 3.65. The Bertz CT molecular complexity index is 569. The molecule has 1 aromatic heterocycles. The lowest BCUT2D eigenvalue weighted by molar-refractivity contribution is 0.173. The molecule has 2 N–H and O–H groups in total. The van der Waals surface area contributed by atoms with E-state index in [1.165, 1.54) is 18.3 Å². The monoisotopic (exact) mass is 286 g/mol. The molecule has 6 nitrogen and oxygen atoms in total. The van der Waals surface area contributed by atoms with Crippen molar-refractivity contribution in [2.24, 2.45) is 5.41 Å². The predicted octanol–water partition coefficient (Wildman–Crippen LogP) is 0.470. The molecular weight excluding hydrogens is 268 g/mol. The van der Waals surface area contributed by atoms with E-state index in [1.807, 2.05) is 0 Å². The van der Waals surface area contributed by atoms with E-state index >= 15 is 0 Å². The van der Waals surface area contributed by atoms with E-state index in [-0.39, 0.29) is 15.9 Å². The van der Waals surface area contributed by atoms with E-state index in [2.05, 4.69) is 9.71 Å². The summed E-state index contributed by atoms with van der Waals surface area (Å²) in [5.74, 6) is 0. The lowest BCUT2D eigenvalue weighted by atomic mass is 10.0. The molecule has 1 aliphatic carbocycles. The molecule has 0 saturated heterocycles. The van der Waals surface area contributed by atoms with Crippen molar-refractivity contribution in [3.63, 3.8) is 0 Å². The van der Waals surface area contributed by atoms with Crippen LogP contribution < -0.4 is 10.3 Å². The third-order valence-corrected chi connectivity index (χ3v) is 4.90.